The minimum atomic E-state index is 0.574. The van der Waals surface area contributed by atoms with Crippen molar-refractivity contribution in [1.29, 1.82) is 0 Å². The van der Waals surface area contributed by atoms with Gasteiger partial charge in [0.2, 0.25) is 0 Å². The fourth-order valence-corrected chi connectivity index (χ4v) is 2.62. The van der Waals surface area contributed by atoms with Gasteiger partial charge in [0.25, 0.3) is 0 Å². The molecule has 1 aromatic heterocycles. The molecule has 66 valence electrons. The summed E-state index contributed by atoms with van der Waals surface area (Å²) >= 11 is 1.69. The van der Waals surface area contributed by atoms with E-state index in [1.165, 1.54) is 22.6 Å². The van der Waals surface area contributed by atoms with Crippen molar-refractivity contribution >= 4 is 11.5 Å². The predicted octanol–water partition coefficient (Wildman–Crippen LogP) is 1.91. The standard InChI is InChI=1S/C9H14N2S/c1-6(2)9-7-5-10-4-3-8(7)12-11-9/h6,10H,3-5H2,1-2H3. The smallest absolute Gasteiger partial charge is 0.0615 e. The second kappa shape index (κ2) is 3.15. The Balaban J connectivity index is 2.38. The van der Waals surface area contributed by atoms with E-state index in [4.69, 9.17) is 0 Å². The Labute approximate surface area is 77.2 Å². The van der Waals surface area contributed by atoms with Crippen LogP contribution in [0.1, 0.15) is 35.9 Å². The highest BCUT2D eigenvalue weighted by Crippen LogP contribution is 2.27. The minimum Gasteiger partial charge on any atom is -0.312 e. The van der Waals surface area contributed by atoms with E-state index in [1.807, 2.05) is 0 Å². The number of hydrogen-bond acceptors (Lipinski definition) is 3. The van der Waals surface area contributed by atoms with Crippen LogP contribution in [0.25, 0.3) is 0 Å². The Morgan fingerprint density at radius 1 is 1.50 bits per heavy atom. The molecule has 1 N–H and O–H groups in total. The fourth-order valence-electron chi connectivity index (χ4n) is 1.61. The molecule has 2 nitrogen and oxygen atoms in total. The van der Waals surface area contributed by atoms with Crippen LogP contribution in [0, 0.1) is 0 Å². The van der Waals surface area contributed by atoms with Crippen LogP contribution in [0.5, 0.6) is 0 Å². The monoisotopic (exact) mass is 182 g/mol. The lowest BCUT2D eigenvalue weighted by Gasteiger charge is -2.14. The molecule has 0 aromatic carbocycles. The highest BCUT2D eigenvalue weighted by atomic mass is 32.1. The van der Waals surface area contributed by atoms with Crippen LogP contribution in [0.4, 0.5) is 0 Å². The average molecular weight is 182 g/mol. The van der Waals surface area contributed by atoms with Gasteiger partial charge in [-0.3, -0.25) is 0 Å². The van der Waals surface area contributed by atoms with E-state index in [9.17, 15) is 0 Å². The minimum absolute atomic E-state index is 0.574. The van der Waals surface area contributed by atoms with Crippen LogP contribution in [0.3, 0.4) is 0 Å². The van der Waals surface area contributed by atoms with Gasteiger partial charge >= 0.3 is 0 Å². The summed E-state index contributed by atoms with van der Waals surface area (Å²) in [5, 5.41) is 3.39. The zero-order chi connectivity index (χ0) is 8.55. The first kappa shape index (κ1) is 8.20. The maximum absolute atomic E-state index is 4.50. The Morgan fingerprint density at radius 2 is 2.33 bits per heavy atom. The third kappa shape index (κ3) is 1.27. The van der Waals surface area contributed by atoms with Crippen molar-refractivity contribution in [2.45, 2.75) is 32.7 Å². The number of rotatable bonds is 1. The van der Waals surface area contributed by atoms with Gasteiger partial charge in [0.15, 0.2) is 0 Å². The average Bonchev–Trinajstić information content (AvgIpc) is 2.47. The maximum atomic E-state index is 4.50. The molecule has 2 heterocycles. The molecule has 0 fully saturated rings. The van der Waals surface area contributed by atoms with Crippen LogP contribution >= 0.6 is 11.5 Å². The van der Waals surface area contributed by atoms with Gasteiger partial charge in [0.1, 0.15) is 0 Å². The van der Waals surface area contributed by atoms with Gasteiger partial charge in [-0.05, 0) is 23.9 Å². The van der Waals surface area contributed by atoms with Crippen molar-refractivity contribution < 1.29 is 0 Å². The number of hydrogen-bond donors (Lipinski definition) is 1. The summed E-state index contributed by atoms with van der Waals surface area (Å²) in [7, 11) is 0. The van der Waals surface area contributed by atoms with Crippen molar-refractivity contribution in [3.8, 4) is 0 Å². The molecule has 0 saturated carbocycles. The van der Waals surface area contributed by atoms with E-state index in [0.29, 0.717) is 5.92 Å². The Hall–Kier alpha value is -0.410. The first-order valence-corrected chi connectivity index (χ1v) is 5.24. The molecule has 0 bridgehead atoms. The summed E-state index contributed by atoms with van der Waals surface area (Å²) in [5.74, 6) is 0.574. The molecule has 1 aromatic rings. The Bertz CT molecular complexity index is 278. The quantitative estimate of drug-likeness (QED) is 0.717. The number of aromatic nitrogens is 1. The summed E-state index contributed by atoms with van der Waals surface area (Å²) in [6, 6.07) is 0. The lowest BCUT2D eigenvalue weighted by molar-refractivity contribution is 0.639. The zero-order valence-corrected chi connectivity index (χ0v) is 8.37. The third-order valence-corrected chi connectivity index (χ3v) is 3.24. The molecular formula is C9H14N2S. The molecular weight excluding hydrogens is 168 g/mol. The summed E-state index contributed by atoms with van der Waals surface area (Å²) in [4.78, 5) is 1.50. The molecule has 2 rings (SSSR count). The number of fused-ring (bicyclic) bond motifs is 1. The summed E-state index contributed by atoms with van der Waals surface area (Å²) in [6.07, 6.45) is 1.17. The van der Waals surface area contributed by atoms with Crippen LogP contribution in [0.15, 0.2) is 0 Å². The maximum Gasteiger partial charge on any atom is 0.0615 e. The van der Waals surface area contributed by atoms with Crippen molar-refractivity contribution in [1.82, 2.24) is 9.69 Å². The van der Waals surface area contributed by atoms with Gasteiger partial charge in [-0.2, -0.15) is 4.37 Å². The molecule has 0 amide bonds. The highest BCUT2D eigenvalue weighted by molar-refractivity contribution is 7.06. The van der Waals surface area contributed by atoms with E-state index in [-0.39, 0.29) is 0 Å². The fraction of sp³-hybridized carbons (Fsp3) is 0.667. The van der Waals surface area contributed by atoms with Gasteiger partial charge in [-0.15, -0.1) is 0 Å². The Kier molecular flexibility index (Phi) is 2.15. The molecule has 0 unspecified atom stereocenters. The molecule has 0 atom stereocenters. The first-order chi connectivity index (χ1) is 5.79. The van der Waals surface area contributed by atoms with Gasteiger partial charge < -0.3 is 5.32 Å². The SMILES string of the molecule is CC(C)c1nsc2c1CNCC2. The van der Waals surface area contributed by atoms with E-state index in [1.54, 1.807) is 11.5 Å². The number of nitrogens with one attached hydrogen (secondary N) is 1. The van der Waals surface area contributed by atoms with E-state index < -0.39 is 0 Å². The lowest BCUT2D eigenvalue weighted by atomic mass is 10.0. The van der Waals surface area contributed by atoms with E-state index in [2.05, 4.69) is 23.5 Å². The molecule has 1 aliphatic heterocycles. The summed E-state index contributed by atoms with van der Waals surface area (Å²) in [6.45, 7) is 6.57. The Morgan fingerprint density at radius 3 is 3.08 bits per heavy atom. The van der Waals surface area contributed by atoms with Crippen molar-refractivity contribution in [3.63, 3.8) is 0 Å². The summed E-state index contributed by atoms with van der Waals surface area (Å²) in [5.41, 5.74) is 2.78. The van der Waals surface area contributed by atoms with Crippen LogP contribution < -0.4 is 5.32 Å². The lowest BCUT2D eigenvalue weighted by Crippen LogP contribution is -2.23. The summed E-state index contributed by atoms with van der Waals surface area (Å²) < 4.78 is 4.50. The van der Waals surface area contributed by atoms with E-state index >= 15 is 0 Å². The van der Waals surface area contributed by atoms with Crippen molar-refractivity contribution in [2.75, 3.05) is 6.54 Å². The van der Waals surface area contributed by atoms with Gasteiger partial charge in [-0.1, -0.05) is 13.8 Å². The van der Waals surface area contributed by atoms with E-state index in [0.717, 1.165) is 13.1 Å². The van der Waals surface area contributed by atoms with Crippen molar-refractivity contribution in [3.05, 3.63) is 16.1 Å². The van der Waals surface area contributed by atoms with Crippen LogP contribution in [-0.4, -0.2) is 10.9 Å². The second-order valence-corrected chi connectivity index (χ2v) is 4.41. The molecule has 0 radical (unpaired) electrons. The zero-order valence-electron chi connectivity index (χ0n) is 7.55. The molecule has 0 saturated heterocycles. The largest absolute Gasteiger partial charge is 0.312 e. The second-order valence-electron chi connectivity index (χ2n) is 3.55. The topological polar surface area (TPSA) is 24.9 Å². The van der Waals surface area contributed by atoms with Crippen LogP contribution in [0.2, 0.25) is 0 Å². The van der Waals surface area contributed by atoms with Gasteiger partial charge in [-0.25, -0.2) is 0 Å². The normalized spacial score (nSPS) is 16.6. The number of nitrogens with zero attached hydrogens (tertiary/aromatic N) is 1. The molecule has 0 aliphatic carbocycles. The molecule has 1 aliphatic rings. The molecule has 0 spiro atoms. The third-order valence-electron chi connectivity index (χ3n) is 2.28. The predicted molar refractivity (Wildman–Crippen MR) is 51.6 cm³/mol. The first-order valence-electron chi connectivity index (χ1n) is 4.47. The van der Waals surface area contributed by atoms with Crippen LogP contribution in [-0.2, 0) is 13.0 Å². The van der Waals surface area contributed by atoms with Gasteiger partial charge in [0.05, 0.1) is 5.69 Å². The molecule has 3 heteroatoms. The highest BCUT2D eigenvalue weighted by Gasteiger charge is 2.18. The van der Waals surface area contributed by atoms with Crippen molar-refractivity contribution in [2.24, 2.45) is 0 Å². The molecule has 12 heavy (non-hydrogen) atoms. The van der Waals surface area contributed by atoms with Gasteiger partial charge in [0, 0.05) is 23.5 Å².